The molecule has 1 aromatic carbocycles. The third-order valence-corrected chi connectivity index (χ3v) is 5.53. The number of hydrogen-bond donors (Lipinski definition) is 1. The maximum atomic E-state index is 12.7. The van der Waals surface area contributed by atoms with Gasteiger partial charge in [-0.1, -0.05) is 38.0 Å². The number of piperazine rings is 1. The smallest absolute Gasteiger partial charge is 0.253 e. The molecule has 0 aromatic heterocycles. The molecular formula is C16H27N3O3S. The normalized spacial score (nSPS) is 17.5. The molecule has 23 heavy (non-hydrogen) atoms. The Morgan fingerprint density at radius 3 is 2.48 bits per heavy atom. The van der Waals surface area contributed by atoms with Crippen molar-refractivity contribution in [2.75, 3.05) is 33.3 Å². The van der Waals surface area contributed by atoms with Crippen molar-refractivity contribution in [2.24, 2.45) is 0 Å². The van der Waals surface area contributed by atoms with Crippen molar-refractivity contribution in [3.8, 4) is 0 Å². The number of aryl methyl sites for hydroxylation is 1. The molecule has 1 aliphatic heterocycles. The highest BCUT2D eigenvalue weighted by atomic mass is 32.2. The third-order valence-electron chi connectivity index (χ3n) is 4.06. The highest BCUT2D eigenvalue weighted by Crippen LogP contribution is 2.18. The fraction of sp³-hybridized carbons (Fsp3) is 0.625. The van der Waals surface area contributed by atoms with Gasteiger partial charge in [-0.05, 0) is 24.5 Å². The van der Waals surface area contributed by atoms with Crippen LogP contribution < -0.4 is 4.83 Å². The summed E-state index contributed by atoms with van der Waals surface area (Å²) in [5.74, 6) is 0. The first-order valence-corrected chi connectivity index (χ1v) is 9.69. The molecule has 1 N–H and O–H groups in total. The fourth-order valence-corrected chi connectivity index (χ4v) is 4.11. The zero-order chi connectivity index (χ0) is 16.7. The predicted octanol–water partition coefficient (Wildman–Crippen LogP) is 1.79. The molecule has 1 aliphatic rings. The summed E-state index contributed by atoms with van der Waals surface area (Å²) in [7, 11) is -1.90. The van der Waals surface area contributed by atoms with Crippen LogP contribution in [0.15, 0.2) is 29.2 Å². The van der Waals surface area contributed by atoms with Crippen molar-refractivity contribution in [1.82, 2.24) is 14.9 Å². The van der Waals surface area contributed by atoms with E-state index in [-0.39, 0.29) is 0 Å². The molecule has 0 unspecified atom stereocenters. The topological polar surface area (TPSA) is 61.9 Å². The Kier molecular flexibility index (Phi) is 6.98. The van der Waals surface area contributed by atoms with Gasteiger partial charge >= 0.3 is 0 Å². The molecule has 2 rings (SSSR count). The summed E-state index contributed by atoms with van der Waals surface area (Å²) >= 11 is 0. The molecule has 7 heteroatoms. The van der Waals surface area contributed by atoms with Crippen LogP contribution in [0, 0.1) is 0 Å². The summed E-state index contributed by atoms with van der Waals surface area (Å²) in [4.78, 5) is 8.26. The molecule has 1 fully saturated rings. The largest absolute Gasteiger partial charge is 0.302 e. The first kappa shape index (κ1) is 18.4. The minimum Gasteiger partial charge on any atom is -0.302 e. The Labute approximate surface area is 139 Å². The summed E-state index contributed by atoms with van der Waals surface area (Å²) in [5.41, 5.74) is 0.893. The Bertz CT molecular complexity index is 584. The fourth-order valence-electron chi connectivity index (χ4n) is 2.72. The lowest BCUT2D eigenvalue weighted by Gasteiger charge is -2.32. The number of nitrogens with one attached hydrogen (secondary N) is 1. The second-order valence-electron chi connectivity index (χ2n) is 5.76. The number of sulfonamides is 1. The number of hydrazine groups is 1. The van der Waals surface area contributed by atoms with E-state index in [1.807, 2.05) is 17.2 Å². The van der Waals surface area contributed by atoms with Crippen molar-refractivity contribution in [3.63, 3.8) is 0 Å². The monoisotopic (exact) mass is 341 g/mol. The number of benzene rings is 1. The van der Waals surface area contributed by atoms with Crippen LogP contribution in [0.25, 0.3) is 0 Å². The van der Waals surface area contributed by atoms with E-state index in [1.54, 1.807) is 24.3 Å². The zero-order valence-corrected chi connectivity index (χ0v) is 14.8. The number of rotatable bonds is 8. The van der Waals surface area contributed by atoms with Crippen LogP contribution in [-0.4, -0.2) is 51.8 Å². The molecule has 1 aromatic rings. The van der Waals surface area contributed by atoms with Crippen LogP contribution in [0.4, 0.5) is 0 Å². The van der Waals surface area contributed by atoms with Gasteiger partial charge in [0, 0.05) is 26.2 Å². The van der Waals surface area contributed by atoms with E-state index >= 15 is 0 Å². The Morgan fingerprint density at radius 2 is 1.83 bits per heavy atom. The molecular weight excluding hydrogens is 314 g/mol. The minimum atomic E-state index is -3.54. The van der Waals surface area contributed by atoms with Crippen molar-refractivity contribution in [1.29, 1.82) is 0 Å². The summed E-state index contributed by atoms with van der Waals surface area (Å²) < 4.78 is 25.4. The van der Waals surface area contributed by atoms with Gasteiger partial charge in [0.2, 0.25) is 0 Å². The first-order valence-electron chi connectivity index (χ1n) is 8.21. The maximum absolute atomic E-state index is 12.7. The average Bonchev–Trinajstić information content (AvgIpc) is 2.56. The molecule has 0 bridgehead atoms. The van der Waals surface area contributed by atoms with Crippen LogP contribution in [0.2, 0.25) is 0 Å². The lowest BCUT2D eigenvalue weighted by atomic mass is 10.1. The molecule has 0 amide bonds. The molecule has 6 nitrogen and oxygen atoms in total. The lowest BCUT2D eigenvalue weighted by Crippen LogP contribution is -2.53. The summed E-state index contributed by atoms with van der Waals surface area (Å²) in [5, 5.41) is 3.57. The summed E-state index contributed by atoms with van der Waals surface area (Å²) in [6, 6.07) is 7.28. The molecule has 1 saturated heterocycles. The van der Waals surface area contributed by atoms with Gasteiger partial charge in [0.1, 0.15) is 0 Å². The highest BCUT2D eigenvalue weighted by Gasteiger charge is 2.24. The average molecular weight is 341 g/mol. The third kappa shape index (κ3) is 5.26. The van der Waals surface area contributed by atoms with Gasteiger partial charge in [-0.2, -0.15) is 5.06 Å². The van der Waals surface area contributed by atoms with Crippen LogP contribution >= 0.6 is 0 Å². The number of hydrogen-bond acceptors (Lipinski definition) is 5. The predicted molar refractivity (Wildman–Crippen MR) is 90.1 cm³/mol. The van der Waals surface area contributed by atoms with E-state index in [0.717, 1.165) is 31.2 Å². The minimum absolute atomic E-state index is 0.394. The number of unbranched alkanes of at least 4 members (excludes halogenated alkanes) is 2. The summed E-state index contributed by atoms with van der Waals surface area (Å²) in [6.07, 6.45) is 4.04. The van der Waals surface area contributed by atoms with Gasteiger partial charge in [0.15, 0.2) is 0 Å². The molecule has 0 saturated carbocycles. The molecule has 0 aliphatic carbocycles. The lowest BCUT2D eigenvalue weighted by molar-refractivity contribution is -0.153. The van der Waals surface area contributed by atoms with E-state index in [0.29, 0.717) is 31.1 Å². The van der Waals surface area contributed by atoms with Gasteiger partial charge < -0.3 is 4.84 Å². The van der Waals surface area contributed by atoms with Crippen molar-refractivity contribution in [3.05, 3.63) is 29.8 Å². The van der Waals surface area contributed by atoms with Gasteiger partial charge in [0.25, 0.3) is 10.0 Å². The van der Waals surface area contributed by atoms with Crippen molar-refractivity contribution < 1.29 is 13.3 Å². The highest BCUT2D eigenvalue weighted by molar-refractivity contribution is 7.89. The summed E-state index contributed by atoms with van der Waals surface area (Å²) in [6.45, 7) is 4.70. The van der Waals surface area contributed by atoms with Crippen molar-refractivity contribution in [2.45, 2.75) is 37.5 Å². The van der Waals surface area contributed by atoms with Crippen molar-refractivity contribution >= 4 is 10.0 Å². The standard InChI is InChI=1S/C16H27N3O3S/c1-3-4-5-8-15-9-6-7-10-16(15)23(20,21)17-18-11-13-19(22-2)14-12-18/h6-7,9-10,17H,3-5,8,11-14H2,1-2H3. The number of hydroxylamine groups is 2. The first-order chi connectivity index (χ1) is 11.1. The van der Waals surface area contributed by atoms with E-state index in [2.05, 4.69) is 11.8 Å². The molecule has 130 valence electrons. The second-order valence-corrected chi connectivity index (χ2v) is 7.39. The molecule has 0 radical (unpaired) electrons. The van der Waals surface area contributed by atoms with Crippen LogP contribution in [0.5, 0.6) is 0 Å². The SMILES string of the molecule is CCCCCc1ccccc1S(=O)(=O)NN1CCN(OC)CC1. The van der Waals surface area contributed by atoms with Gasteiger partial charge in [-0.25, -0.2) is 13.4 Å². The quantitative estimate of drug-likeness (QED) is 0.731. The van der Waals surface area contributed by atoms with E-state index in [4.69, 9.17) is 4.84 Å². The van der Waals surface area contributed by atoms with E-state index in [1.165, 1.54) is 0 Å². The zero-order valence-electron chi connectivity index (χ0n) is 14.0. The van der Waals surface area contributed by atoms with Crippen LogP contribution in [0.1, 0.15) is 31.7 Å². The van der Waals surface area contributed by atoms with E-state index < -0.39 is 10.0 Å². The Balaban J connectivity index is 2.04. The van der Waals surface area contributed by atoms with Crippen LogP contribution in [0.3, 0.4) is 0 Å². The number of nitrogens with zero attached hydrogens (tertiary/aromatic N) is 2. The Hall–Kier alpha value is -0.990. The van der Waals surface area contributed by atoms with Gasteiger partial charge in [-0.15, -0.1) is 4.83 Å². The maximum Gasteiger partial charge on any atom is 0.253 e. The molecule has 0 atom stereocenters. The second kappa shape index (κ2) is 8.75. The van der Waals surface area contributed by atoms with Gasteiger partial charge in [-0.3, -0.25) is 0 Å². The van der Waals surface area contributed by atoms with Gasteiger partial charge in [0.05, 0.1) is 12.0 Å². The van der Waals surface area contributed by atoms with Crippen LogP contribution in [-0.2, 0) is 21.3 Å². The Morgan fingerprint density at radius 1 is 1.13 bits per heavy atom. The molecule has 1 heterocycles. The molecule has 0 spiro atoms. The van der Waals surface area contributed by atoms with E-state index in [9.17, 15) is 8.42 Å².